The Bertz CT molecular complexity index is 568. The minimum absolute atomic E-state index is 0.261. The lowest BCUT2D eigenvalue weighted by molar-refractivity contribution is 0.748. The van der Waals surface area contributed by atoms with Gasteiger partial charge in [-0.25, -0.2) is 0 Å². The molecular formula is C16H17BrClN. The molecule has 0 aliphatic carbocycles. The summed E-state index contributed by atoms with van der Waals surface area (Å²) < 4.78 is 1.12. The maximum atomic E-state index is 6.07. The van der Waals surface area contributed by atoms with Crippen LogP contribution >= 0.6 is 27.5 Å². The Hall–Kier alpha value is -0.990. The zero-order chi connectivity index (χ0) is 13.8. The molecule has 1 unspecified atom stereocenters. The number of hydrogen-bond acceptors (Lipinski definition) is 1. The highest BCUT2D eigenvalue weighted by atomic mass is 79.9. The van der Waals surface area contributed by atoms with Crippen molar-refractivity contribution in [2.75, 3.05) is 5.32 Å². The lowest BCUT2D eigenvalue weighted by Crippen LogP contribution is -2.10. The molecule has 19 heavy (non-hydrogen) atoms. The number of benzene rings is 2. The predicted molar refractivity (Wildman–Crippen MR) is 87.0 cm³/mol. The molecule has 0 aromatic heterocycles. The molecule has 2 rings (SSSR count). The molecule has 3 heteroatoms. The second-order valence-corrected chi connectivity index (χ2v) is 5.83. The topological polar surface area (TPSA) is 12.0 Å². The molecule has 0 heterocycles. The Labute approximate surface area is 128 Å². The molecular weight excluding hydrogens is 322 g/mol. The predicted octanol–water partition coefficient (Wildman–Crippen LogP) is 5.97. The molecule has 0 saturated carbocycles. The molecule has 2 aromatic rings. The third-order valence-corrected chi connectivity index (χ3v) is 4.47. The molecule has 0 radical (unpaired) electrons. The van der Waals surface area contributed by atoms with E-state index in [1.807, 2.05) is 18.2 Å². The minimum atomic E-state index is 0.261. The van der Waals surface area contributed by atoms with Gasteiger partial charge in [0.2, 0.25) is 0 Å². The van der Waals surface area contributed by atoms with Gasteiger partial charge in [-0.15, -0.1) is 0 Å². The third-order valence-electron chi connectivity index (χ3n) is 3.18. The second kappa shape index (κ2) is 6.44. The fourth-order valence-corrected chi connectivity index (χ4v) is 2.67. The number of hydrogen-bond donors (Lipinski definition) is 1. The molecule has 0 saturated heterocycles. The molecule has 0 fully saturated rings. The van der Waals surface area contributed by atoms with Gasteiger partial charge in [-0.05, 0) is 58.6 Å². The first-order valence-corrected chi connectivity index (χ1v) is 7.56. The third kappa shape index (κ3) is 3.52. The van der Waals surface area contributed by atoms with Crippen molar-refractivity contribution < 1.29 is 0 Å². The number of nitrogens with one attached hydrogen (secondary N) is 1. The average molecular weight is 339 g/mol. The summed E-state index contributed by atoms with van der Waals surface area (Å²) in [7, 11) is 0. The lowest BCUT2D eigenvalue weighted by Gasteiger charge is -2.20. The number of aryl methyl sites for hydroxylation is 1. The van der Waals surface area contributed by atoms with Crippen molar-refractivity contribution in [3.63, 3.8) is 0 Å². The van der Waals surface area contributed by atoms with E-state index in [0.29, 0.717) is 0 Å². The van der Waals surface area contributed by atoms with Crippen molar-refractivity contribution in [3.8, 4) is 0 Å². The highest BCUT2D eigenvalue weighted by molar-refractivity contribution is 9.10. The standard InChI is InChI=1S/C16H17BrClN/c1-3-14(12-7-5-8-13(18)10-12)19-15-9-4-6-11(2)16(15)17/h4-10,14,19H,3H2,1-2H3. The van der Waals surface area contributed by atoms with Crippen molar-refractivity contribution in [2.24, 2.45) is 0 Å². The van der Waals surface area contributed by atoms with Crippen molar-refractivity contribution in [1.29, 1.82) is 0 Å². The van der Waals surface area contributed by atoms with Gasteiger partial charge in [-0.2, -0.15) is 0 Å². The fourth-order valence-electron chi connectivity index (χ4n) is 2.09. The first kappa shape index (κ1) is 14.4. The van der Waals surface area contributed by atoms with Gasteiger partial charge >= 0.3 is 0 Å². The second-order valence-electron chi connectivity index (χ2n) is 4.60. The van der Waals surface area contributed by atoms with E-state index in [4.69, 9.17) is 11.6 Å². The molecule has 1 atom stereocenters. The van der Waals surface area contributed by atoms with Crippen LogP contribution in [0.25, 0.3) is 0 Å². The first-order chi connectivity index (χ1) is 9.11. The molecule has 1 nitrogen and oxygen atoms in total. The van der Waals surface area contributed by atoms with Crippen molar-refractivity contribution in [3.05, 3.63) is 63.1 Å². The van der Waals surface area contributed by atoms with Gasteiger partial charge in [0.05, 0.1) is 6.04 Å². The van der Waals surface area contributed by atoms with Crippen LogP contribution in [0.2, 0.25) is 5.02 Å². The van der Waals surface area contributed by atoms with Crippen LogP contribution in [-0.4, -0.2) is 0 Å². The summed E-state index contributed by atoms with van der Waals surface area (Å²) in [5.74, 6) is 0. The van der Waals surface area contributed by atoms with E-state index in [2.05, 4.69) is 59.4 Å². The Morgan fingerprint density at radius 1 is 1.21 bits per heavy atom. The molecule has 2 aromatic carbocycles. The van der Waals surface area contributed by atoms with Crippen LogP contribution in [0.4, 0.5) is 5.69 Å². The summed E-state index contributed by atoms with van der Waals surface area (Å²) >= 11 is 9.70. The van der Waals surface area contributed by atoms with Crippen LogP contribution in [0.15, 0.2) is 46.9 Å². The molecule has 0 bridgehead atoms. The van der Waals surface area contributed by atoms with Crippen LogP contribution in [0.1, 0.15) is 30.5 Å². The average Bonchev–Trinajstić information content (AvgIpc) is 2.40. The van der Waals surface area contributed by atoms with Gasteiger partial charge in [0.25, 0.3) is 0 Å². The van der Waals surface area contributed by atoms with Crippen LogP contribution in [0, 0.1) is 6.92 Å². The quantitative estimate of drug-likeness (QED) is 0.723. The summed E-state index contributed by atoms with van der Waals surface area (Å²) in [5.41, 5.74) is 3.56. The van der Waals surface area contributed by atoms with E-state index in [1.165, 1.54) is 11.1 Å². The van der Waals surface area contributed by atoms with Gasteiger partial charge in [-0.1, -0.05) is 42.8 Å². The zero-order valence-electron chi connectivity index (χ0n) is 11.1. The highest BCUT2D eigenvalue weighted by Crippen LogP contribution is 2.31. The SMILES string of the molecule is CCC(Nc1cccc(C)c1Br)c1cccc(Cl)c1. The molecule has 0 aliphatic heterocycles. The molecule has 0 spiro atoms. The summed E-state index contributed by atoms with van der Waals surface area (Å²) in [6.45, 7) is 4.26. The molecule has 1 N–H and O–H groups in total. The van der Waals surface area contributed by atoms with E-state index < -0.39 is 0 Å². The number of rotatable bonds is 4. The summed E-state index contributed by atoms with van der Waals surface area (Å²) in [5, 5.41) is 4.35. The van der Waals surface area contributed by atoms with E-state index in [9.17, 15) is 0 Å². The number of halogens is 2. The molecule has 0 aliphatic rings. The lowest BCUT2D eigenvalue weighted by atomic mass is 10.0. The van der Waals surface area contributed by atoms with E-state index >= 15 is 0 Å². The van der Waals surface area contributed by atoms with Crippen molar-refractivity contribution >= 4 is 33.2 Å². The van der Waals surface area contributed by atoms with Crippen LogP contribution in [-0.2, 0) is 0 Å². The van der Waals surface area contributed by atoms with E-state index in [1.54, 1.807) is 0 Å². The van der Waals surface area contributed by atoms with Gasteiger partial charge < -0.3 is 5.32 Å². The summed E-state index contributed by atoms with van der Waals surface area (Å²) in [6, 6.07) is 14.5. The fraction of sp³-hybridized carbons (Fsp3) is 0.250. The molecule has 100 valence electrons. The van der Waals surface area contributed by atoms with Crippen LogP contribution < -0.4 is 5.32 Å². The van der Waals surface area contributed by atoms with Gasteiger partial charge in [-0.3, -0.25) is 0 Å². The Morgan fingerprint density at radius 2 is 1.95 bits per heavy atom. The largest absolute Gasteiger partial charge is 0.377 e. The first-order valence-electron chi connectivity index (χ1n) is 6.39. The van der Waals surface area contributed by atoms with E-state index in [-0.39, 0.29) is 6.04 Å². The highest BCUT2D eigenvalue weighted by Gasteiger charge is 2.11. The zero-order valence-corrected chi connectivity index (χ0v) is 13.4. The van der Waals surface area contributed by atoms with Gasteiger partial charge in [0, 0.05) is 15.2 Å². The van der Waals surface area contributed by atoms with Crippen molar-refractivity contribution in [1.82, 2.24) is 0 Å². The smallest absolute Gasteiger partial charge is 0.0512 e. The summed E-state index contributed by atoms with van der Waals surface area (Å²) in [6.07, 6.45) is 1.00. The Balaban J connectivity index is 2.26. The van der Waals surface area contributed by atoms with Crippen LogP contribution in [0.5, 0.6) is 0 Å². The normalized spacial score (nSPS) is 12.2. The number of anilines is 1. The maximum Gasteiger partial charge on any atom is 0.0512 e. The van der Waals surface area contributed by atoms with E-state index in [0.717, 1.165) is 21.6 Å². The van der Waals surface area contributed by atoms with Crippen LogP contribution in [0.3, 0.4) is 0 Å². The van der Waals surface area contributed by atoms with Crippen molar-refractivity contribution in [2.45, 2.75) is 26.3 Å². The monoisotopic (exact) mass is 337 g/mol. The van der Waals surface area contributed by atoms with Gasteiger partial charge in [0.15, 0.2) is 0 Å². The Kier molecular flexibility index (Phi) is 4.89. The molecule has 0 amide bonds. The minimum Gasteiger partial charge on any atom is -0.377 e. The maximum absolute atomic E-state index is 6.07. The summed E-state index contributed by atoms with van der Waals surface area (Å²) in [4.78, 5) is 0. The Morgan fingerprint density at radius 3 is 2.63 bits per heavy atom. The van der Waals surface area contributed by atoms with Gasteiger partial charge in [0.1, 0.15) is 0 Å².